The topological polar surface area (TPSA) is 92.4 Å². The van der Waals surface area contributed by atoms with Crippen molar-refractivity contribution in [2.45, 2.75) is 30.3 Å². The number of likely N-dealkylation sites (N-methyl/N-ethyl adjacent to an activating group) is 1. The minimum Gasteiger partial charge on any atom is -0.370 e. The van der Waals surface area contributed by atoms with Gasteiger partial charge in [-0.1, -0.05) is 6.07 Å². The SMILES string of the molecule is CN(c1cc(F)c(S(N)(=O)=O)cc1Cc1cscn1)[C@H]1CCN(Cc2ccccn2)C1. The quantitative estimate of drug-likeness (QED) is 0.582. The van der Waals surface area contributed by atoms with Crippen LogP contribution in [-0.4, -0.2) is 49.5 Å². The first-order valence-corrected chi connectivity index (χ1v) is 12.4. The lowest BCUT2D eigenvalue weighted by molar-refractivity contribution is 0.322. The summed E-state index contributed by atoms with van der Waals surface area (Å²) in [7, 11) is -2.24. The summed E-state index contributed by atoms with van der Waals surface area (Å²) < 4.78 is 38.4. The van der Waals surface area contributed by atoms with Crippen LogP contribution in [0.25, 0.3) is 0 Å². The molecule has 0 bridgehead atoms. The lowest BCUT2D eigenvalue weighted by Crippen LogP contribution is -2.35. The summed E-state index contributed by atoms with van der Waals surface area (Å²) >= 11 is 1.46. The monoisotopic (exact) mass is 461 g/mol. The molecule has 1 saturated heterocycles. The van der Waals surface area contributed by atoms with Gasteiger partial charge >= 0.3 is 0 Å². The molecule has 164 valence electrons. The highest BCUT2D eigenvalue weighted by atomic mass is 32.2. The van der Waals surface area contributed by atoms with Crippen molar-refractivity contribution >= 4 is 27.0 Å². The number of aromatic nitrogens is 2. The van der Waals surface area contributed by atoms with E-state index in [0.29, 0.717) is 17.7 Å². The average molecular weight is 462 g/mol. The van der Waals surface area contributed by atoms with Crippen LogP contribution >= 0.6 is 11.3 Å². The number of likely N-dealkylation sites (tertiary alicyclic amines) is 1. The van der Waals surface area contributed by atoms with Crippen LogP contribution in [0.15, 0.2) is 52.3 Å². The first kappa shape index (κ1) is 21.8. The van der Waals surface area contributed by atoms with Gasteiger partial charge in [-0.05, 0) is 36.2 Å². The Hall–Kier alpha value is -2.40. The van der Waals surface area contributed by atoms with Crippen molar-refractivity contribution in [1.29, 1.82) is 0 Å². The lowest BCUT2D eigenvalue weighted by atomic mass is 10.1. The van der Waals surface area contributed by atoms with Crippen LogP contribution in [0.1, 0.15) is 23.4 Å². The van der Waals surface area contributed by atoms with Crippen molar-refractivity contribution in [2.24, 2.45) is 5.14 Å². The number of sulfonamides is 1. The fraction of sp³-hybridized carbons (Fsp3) is 0.333. The van der Waals surface area contributed by atoms with Gasteiger partial charge in [-0.15, -0.1) is 11.3 Å². The highest BCUT2D eigenvalue weighted by Crippen LogP contribution is 2.31. The summed E-state index contributed by atoms with van der Waals surface area (Å²) in [5.41, 5.74) is 4.87. The van der Waals surface area contributed by atoms with Crippen molar-refractivity contribution in [3.05, 3.63) is 70.2 Å². The van der Waals surface area contributed by atoms with E-state index in [1.165, 1.54) is 23.5 Å². The number of hydrogen-bond donors (Lipinski definition) is 1. The molecule has 10 heteroatoms. The second kappa shape index (κ2) is 8.99. The van der Waals surface area contributed by atoms with E-state index in [1.54, 1.807) is 11.7 Å². The normalized spacial score (nSPS) is 17.2. The van der Waals surface area contributed by atoms with Gasteiger partial charge in [0.05, 0.1) is 16.9 Å². The number of thiazole rings is 1. The van der Waals surface area contributed by atoms with Crippen molar-refractivity contribution in [3.8, 4) is 0 Å². The van der Waals surface area contributed by atoms with Gasteiger partial charge in [-0.25, -0.2) is 22.9 Å². The molecule has 4 rings (SSSR count). The number of primary sulfonamides is 1. The maximum Gasteiger partial charge on any atom is 0.240 e. The largest absolute Gasteiger partial charge is 0.370 e. The molecule has 0 spiro atoms. The van der Waals surface area contributed by atoms with Gasteiger partial charge in [0, 0.05) is 56.4 Å². The molecule has 0 radical (unpaired) electrons. The summed E-state index contributed by atoms with van der Waals surface area (Å²) in [6.45, 7) is 2.47. The number of benzene rings is 1. The Labute approximate surface area is 185 Å². The summed E-state index contributed by atoms with van der Waals surface area (Å²) in [6, 6.07) is 8.66. The number of halogens is 1. The molecule has 1 aliphatic rings. The summed E-state index contributed by atoms with van der Waals surface area (Å²) in [5, 5.41) is 7.13. The van der Waals surface area contributed by atoms with E-state index in [0.717, 1.165) is 37.4 Å². The number of pyridine rings is 1. The maximum absolute atomic E-state index is 14.7. The highest BCUT2D eigenvalue weighted by molar-refractivity contribution is 7.89. The van der Waals surface area contributed by atoms with Crippen molar-refractivity contribution in [1.82, 2.24) is 14.9 Å². The van der Waals surface area contributed by atoms with E-state index in [1.807, 2.05) is 35.5 Å². The van der Waals surface area contributed by atoms with Gasteiger partial charge in [0.2, 0.25) is 10.0 Å². The second-order valence-corrected chi connectivity index (χ2v) is 9.97. The highest BCUT2D eigenvalue weighted by Gasteiger charge is 2.29. The van der Waals surface area contributed by atoms with Crippen LogP contribution in [0, 0.1) is 5.82 Å². The molecular weight excluding hydrogens is 437 g/mol. The van der Waals surface area contributed by atoms with E-state index in [-0.39, 0.29) is 6.04 Å². The fourth-order valence-electron chi connectivity index (χ4n) is 3.98. The molecule has 0 saturated carbocycles. The summed E-state index contributed by atoms with van der Waals surface area (Å²) in [6.07, 6.45) is 3.10. The van der Waals surface area contributed by atoms with Gasteiger partial charge in [-0.2, -0.15) is 0 Å². The minimum atomic E-state index is -4.17. The third-order valence-electron chi connectivity index (χ3n) is 5.58. The molecule has 31 heavy (non-hydrogen) atoms. The molecule has 2 aromatic heterocycles. The number of anilines is 1. The van der Waals surface area contributed by atoms with Gasteiger partial charge < -0.3 is 4.90 Å². The maximum atomic E-state index is 14.7. The zero-order valence-electron chi connectivity index (χ0n) is 17.1. The zero-order valence-corrected chi connectivity index (χ0v) is 18.7. The molecule has 3 heterocycles. The summed E-state index contributed by atoms with van der Waals surface area (Å²) in [4.78, 5) is 12.6. The third-order valence-corrected chi connectivity index (χ3v) is 7.14. The van der Waals surface area contributed by atoms with E-state index >= 15 is 0 Å². The van der Waals surface area contributed by atoms with Crippen LogP contribution in [0.2, 0.25) is 0 Å². The number of nitrogens with two attached hydrogens (primary N) is 1. The van der Waals surface area contributed by atoms with E-state index in [4.69, 9.17) is 5.14 Å². The molecule has 2 N–H and O–H groups in total. The second-order valence-electron chi connectivity index (χ2n) is 7.72. The molecule has 0 aliphatic carbocycles. The fourth-order valence-corrected chi connectivity index (χ4v) is 5.18. The van der Waals surface area contributed by atoms with Crippen molar-refractivity contribution < 1.29 is 12.8 Å². The van der Waals surface area contributed by atoms with Gasteiger partial charge in [0.25, 0.3) is 0 Å². The van der Waals surface area contributed by atoms with Gasteiger partial charge in [0.15, 0.2) is 0 Å². The molecule has 3 aromatic rings. The Kier molecular flexibility index (Phi) is 6.33. The van der Waals surface area contributed by atoms with Crippen LogP contribution in [0.5, 0.6) is 0 Å². The third kappa shape index (κ3) is 5.09. The molecular formula is C21H24FN5O2S2. The molecule has 7 nitrogen and oxygen atoms in total. The molecule has 1 atom stereocenters. The van der Waals surface area contributed by atoms with Crippen LogP contribution in [0.3, 0.4) is 0 Å². The Morgan fingerprint density at radius 3 is 2.81 bits per heavy atom. The predicted octanol–water partition coefficient (Wildman–Crippen LogP) is 2.63. The van der Waals surface area contributed by atoms with E-state index < -0.39 is 20.7 Å². The Balaban J connectivity index is 1.59. The standard InChI is InChI=1S/C21H24FN5O2S2/c1-26(18-5-7-27(12-18)11-16-4-2-3-6-24-16)20-10-19(22)21(31(23,28)29)9-15(20)8-17-13-30-14-25-17/h2-4,6,9-10,13-14,18H,5,7-8,11-12H2,1H3,(H2,23,28,29)/t18-/m0/s1. The van der Waals surface area contributed by atoms with Crippen molar-refractivity contribution in [2.75, 3.05) is 25.0 Å². The average Bonchev–Trinajstić information content (AvgIpc) is 3.40. The first-order valence-electron chi connectivity index (χ1n) is 9.88. The number of nitrogens with zero attached hydrogens (tertiary/aromatic N) is 4. The van der Waals surface area contributed by atoms with E-state index in [2.05, 4.69) is 14.9 Å². The van der Waals surface area contributed by atoms with Crippen molar-refractivity contribution in [3.63, 3.8) is 0 Å². The lowest BCUT2D eigenvalue weighted by Gasteiger charge is -2.29. The van der Waals surface area contributed by atoms with Crippen LogP contribution in [-0.2, 0) is 23.0 Å². The number of hydrogen-bond acceptors (Lipinski definition) is 7. The van der Waals surface area contributed by atoms with Crippen LogP contribution in [0.4, 0.5) is 10.1 Å². The Morgan fingerprint density at radius 1 is 1.29 bits per heavy atom. The predicted molar refractivity (Wildman–Crippen MR) is 119 cm³/mol. The molecule has 0 amide bonds. The summed E-state index contributed by atoms with van der Waals surface area (Å²) in [5.74, 6) is -0.838. The van der Waals surface area contributed by atoms with Gasteiger partial charge in [-0.3, -0.25) is 9.88 Å². The van der Waals surface area contributed by atoms with Gasteiger partial charge in [0.1, 0.15) is 10.7 Å². The van der Waals surface area contributed by atoms with Crippen LogP contribution < -0.4 is 10.0 Å². The Bertz CT molecular complexity index is 1140. The zero-order chi connectivity index (χ0) is 22.0. The smallest absolute Gasteiger partial charge is 0.240 e. The van der Waals surface area contributed by atoms with E-state index in [9.17, 15) is 12.8 Å². The molecule has 1 aliphatic heterocycles. The first-order chi connectivity index (χ1) is 14.8. The Morgan fingerprint density at radius 2 is 2.13 bits per heavy atom. The molecule has 1 fully saturated rings. The molecule has 0 unspecified atom stereocenters. The molecule has 1 aromatic carbocycles. The number of rotatable bonds is 7. The minimum absolute atomic E-state index is 0.164.